The maximum atomic E-state index is 5.57. The van der Waals surface area contributed by atoms with Gasteiger partial charge in [-0.05, 0) is 87.6 Å². The molecule has 0 saturated heterocycles. The predicted octanol–water partition coefficient (Wildman–Crippen LogP) is 13.3. The molecule has 5 aromatic carbocycles. The fraction of sp³-hybridized carbons (Fsp3) is 0.320. The normalized spacial score (nSPS) is 12.9. The van der Waals surface area contributed by atoms with E-state index in [4.69, 9.17) is 15.0 Å². The van der Waals surface area contributed by atoms with Gasteiger partial charge in [0.15, 0.2) is 0 Å². The van der Waals surface area contributed by atoms with E-state index in [1.807, 2.05) is 12.3 Å². The summed E-state index contributed by atoms with van der Waals surface area (Å²) in [5.41, 5.74) is 13.9. The summed E-state index contributed by atoms with van der Waals surface area (Å²) in [6.45, 7) is 27.3. The van der Waals surface area contributed by atoms with Crippen LogP contribution < -0.4 is 4.98 Å². The molecule has 55 heavy (non-hydrogen) atoms. The van der Waals surface area contributed by atoms with Crippen LogP contribution in [-0.2, 0) is 42.8 Å². The molecule has 3 heterocycles. The molecule has 8 rings (SSSR count). The van der Waals surface area contributed by atoms with Crippen molar-refractivity contribution >= 4 is 43.7 Å². The maximum absolute atomic E-state index is 5.57. The van der Waals surface area contributed by atoms with Gasteiger partial charge in [0.05, 0.1) is 16.9 Å². The zero-order valence-electron chi connectivity index (χ0n) is 34.3. The summed E-state index contributed by atoms with van der Waals surface area (Å²) in [5, 5.41) is 3.55. The zero-order chi connectivity index (χ0) is 38.5. The third kappa shape index (κ3) is 6.86. The van der Waals surface area contributed by atoms with Gasteiger partial charge >= 0.3 is 21.1 Å². The summed E-state index contributed by atoms with van der Waals surface area (Å²) in [5.74, 6) is 0.898. The fourth-order valence-corrected chi connectivity index (χ4v) is 7.80. The Balaban J connectivity index is 0.00000465. The van der Waals surface area contributed by atoms with Crippen LogP contribution in [0.4, 0.5) is 0 Å². The van der Waals surface area contributed by atoms with Crippen LogP contribution in [0, 0.1) is 6.07 Å². The van der Waals surface area contributed by atoms with Crippen LogP contribution in [0.2, 0.25) is 0 Å². The quantitative estimate of drug-likeness (QED) is 0.166. The number of imidazole rings is 1. The molecule has 0 atom stereocenters. The molecular formula is C50H52N4Pt. The molecule has 0 unspecified atom stereocenters. The Morgan fingerprint density at radius 3 is 1.89 bits per heavy atom. The summed E-state index contributed by atoms with van der Waals surface area (Å²) < 4.78 is 2.39. The van der Waals surface area contributed by atoms with Crippen LogP contribution in [0.5, 0.6) is 0 Å². The number of hydrogen-bond acceptors (Lipinski definition) is 2. The summed E-state index contributed by atoms with van der Waals surface area (Å²) in [4.78, 5) is 15.7. The van der Waals surface area contributed by atoms with E-state index in [0.717, 1.165) is 66.6 Å². The van der Waals surface area contributed by atoms with Gasteiger partial charge in [-0.3, -0.25) is 9.97 Å². The number of nitrogens with zero attached hydrogens (tertiary/aromatic N) is 4. The molecule has 282 valence electrons. The van der Waals surface area contributed by atoms with Crippen molar-refractivity contribution in [2.45, 2.75) is 105 Å². The van der Waals surface area contributed by atoms with E-state index in [1.54, 1.807) is 0 Å². The molecule has 0 spiro atoms. The minimum Gasteiger partial charge on any atom is -0.656 e. The predicted molar refractivity (Wildman–Crippen MR) is 230 cm³/mol. The van der Waals surface area contributed by atoms with Crippen molar-refractivity contribution in [3.05, 3.63) is 120 Å². The molecule has 3 aromatic heterocycles. The molecular weight excluding hydrogens is 852 g/mol. The Morgan fingerprint density at radius 2 is 1.20 bits per heavy atom. The Kier molecular flexibility index (Phi) is 9.37. The first-order chi connectivity index (χ1) is 25.3. The van der Waals surface area contributed by atoms with E-state index in [-0.39, 0.29) is 42.8 Å². The van der Waals surface area contributed by atoms with E-state index in [1.165, 1.54) is 27.5 Å². The number of hydrogen-bond donors (Lipinski definition) is 0. The van der Waals surface area contributed by atoms with Crippen molar-refractivity contribution in [3.8, 4) is 33.6 Å². The van der Waals surface area contributed by atoms with Gasteiger partial charge < -0.3 is 9.55 Å². The number of rotatable bonds is 3. The van der Waals surface area contributed by atoms with Crippen molar-refractivity contribution in [2.24, 2.45) is 0 Å². The molecule has 0 N–H and O–H groups in total. The van der Waals surface area contributed by atoms with Crippen LogP contribution in [0.1, 0.15) is 99.8 Å². The van der Waals surface area contributed by atoms with Gasteiger partial charge in [-0.2, -0.15) is 0 Å². The number of fused-ring (bicyclic) bond motifs is 5. The Labute approximate surface area is 341 Å². The van der Waals surface area contributed by atoms with Gasteiger partial charge in [-0.25, -0.2) is 0 Å². The van der Waals surface area contributed by atoms with Crippen molar-refractivity contribution in [1.29, 1.82) is 0 Å². The molecule has 0 aliphatic heterocycles. The van der Waals surface area contributed by atoms with Gasteiger partial charge in [0, 0.05) is 22.8 Å². The smallest absolute Gasteiger partial charge is 0.656 e. The summed E-state index contributed by atoms with van der Waals surface area (Å²) in [6.07, 6.45) is 1.88. The van der Waals surface area contributed by atoms with E-state index < -0.39 is 0 Å². The molecule has 0 radical (unpaired) electrons. The van der Waals surface area contributed by atoms with E-state index in [2.05, 4.69) is 179 Å². The van der Waals surface area contributed by atoms with E-state index >= 15 is 0 Å². The average molecular weight is 904 g/mol. The minimum atomic E-state index is -0.258. The fourth-order valence-electron chi connectivity index (χ4n) is 7.80. The van der Waals surface area contributed by atoms with Crippen LogP contribution in [0.3, 0.4) is 0 Å². The first kappa shape index (κ1) is 38.7. The zero-order valence-corrected chi connectivity index (χ0v) is 36.6. The number of para-hydroxylation sites is 1. The van der Waals surface area contributed by atoms with Gasteiger partial charge in [-0.1, -0.05) is 134 Å². The van der Waals surface area contributed by atoms with E-state index in [0.29, 0.717) is 0 Å². The monoisotopic (exact) mass is 903 g/mol. The molecule has 5 heteroatoms. The van der Waals surface area contributed by atoms with Crippen molar-refractivity contribution in [1.82, 2.24) is 19.5 Å². The second-order valence-corrected chi connectivity index (χ2v) is 19.2. The first-order valence-corrected chi connectivity index (χ1v) is 19.3. The molecule has 0 bridgehead atoms. The van der Waals surface area contributed by atoms with Crippen LogP contribution in [-0.4, -0.2) is 14.5 Å². The molecule has 0 amide bonds. The average Bonchev–Trinajstić information content (AvgIpc) is 3.69. The first-order valence-electron chi connectivity index (χ1n) is 19.3. The van der Waals surface area contributed by atoms with Crippen LogP contribution in [0.15, 0.2) is 97.2 Å². The van der Waals surface area contributed by atoms with Crippen LogP contribution in [0.25, 0.3) is 77.4 Å². The summed E-state index contributed by atoms with van der Waals surface area (Å²) >= 11 is 0. The molecule has 0 saturated carbocycles. The van der Waals surface area contributed by atoms with Crippen LogP contribution >= 0.6 is 0 Å². The second kappa shape index (κ2) is 13.3. The topological polar surface area (TPSA) is 44.8 Å². The maximum Gasteiger partial charge on any atom is 2.00 e. The Morgan fingerprint density at radius 1 is 0.564 bits per heavy atom. The largest absolute Gasteiger partial charge is 2.00 e. The second-order valence-electron chi connectivity index (χ2n) is 19.2. The standard InChI is InChI=1S/C50H52N4.Pt/c1-47(2,3)33-21-22-41-38(26-33)40-29-35(49(7,8)9)28-39(44(40)52-41)36-19-14-20-42-45(36)53-46(54(42)50(10,11)12)32-17-13-16-30(24-32)37-27-34(48(4,5)6)25-31-18-15-23-51-43(31)37;/h13-23,25-29H,1-12H3;/q-2;+2. The SMILES string of the molecule is CC(C)(C)c1cc(-c2[c-]c(-c3nc4c(-c5cc(C(C)(C)C)cc6c5[n-]c5ccc(C(C)(C)C)cc56)cccc4n3C(C)(C)C)ccc2)c2ncccc2c1.[Pt+2]. The third-order valence-electron chi connectivity index (χ3n) is 10.9. The minimum absolute atomic E-state index is 0. The van der Waals surface area contributed by atoms with E-state index in [9.17, 15) is 0 Å². The Hall–Kier alpha value is -4.53. The van der Waals surface area contributed by atoms with Gasteiger partial charge in [0.1, 0.15) is 0 Å². The van der Waals surface area contributed by atoms with Gasteiger partial charge in [-0.15, -0.1) is 40.9 Å². The molecule has 0 aliphatic carbocycles. The van der Waals surface area contributed by atoms with Crippen molar-refractivity contribution < 1.29 is 21.1 Å². The summed E-state index contributed by atoms with van der Waals surface area (Å²) in [7, 11) is 0. The van der Waals surface area contributed by atoms with Gasteiger partial charge in [0.2, 0.25) is 0 Å². The third-order valence-corrected chi connectivity index (χ3v) is 10.9. The Bertz CT molecular complexity index is 2750. The molecule has 0 fully saturated rings. The van der Waals surface area contributed by atoms with Crippen molar-refractivity contribution in [2.75, 3.05) is 0 Å². The molecule has 8 aromatic rings. The number of pyridine rings is 1. The summed E-state index contributed by atoms with van der Waals surface area (Å²) in [6, 6.07) is 37.1. The molecule has 0 aliphatic rings. The number of aromatic nitrogens is 4. The van der Waals surface area contributed by atoms with Gasteiger partial charge in [0.25, 0.3) is 0 Å². The van der Waals surface area contributed by atoms with Crippen molar-refractivity contribution in [3.63, 3.8) is 0 Å². The number of benzene rings is 5. The molecule has 4 nitrogen and oxygen atoms in total.